The minimum atomic E-state index is -1.18. The molecule has 1 aromatic heterocycles. The highest BCUT2D eigenvalue weighted by Gasteiger charge is 2.22. The van der Waals surface area contributed by atoms with Crippen molar-refractivity contribution in [2.45, 2.75) is 66.0 Å². The maximum Gasteiger partial charge on any atom is 0.317 e. The van der Waals surface area contributed by atoms with Gasteiger partial charge in [-0.05, 0) is 70.0 Å². The first-order valence-electron chi connectivity index (χ1n) is 18.8. The van der Waals surface area contributed by atoms with Gasteiger partial charge in [-0.15, -0.1) is 0 Å². The number of carboxylic acids is 3. The van der Waals surface area contributed by atoms with Gasteiger partial charge in [0.05, 0.1) is 43.3 Å². The predicted octanol–water partition coefficient (Wildman–Crippen LogP) is 2.58. The van der Waals surface area contributed by atoms with Gasteiger partial charge in [-0.25, -0.2) is 0 Å². The summed E-state index contributed by atoms with van der Waals surface area (Å²) in [7, 11) is 0. The topological polar surface area (TPSA) is 210 Å². The Bertz CT molecular complexity index is 1760. The predicted molar refractivity (Wildman–Crippen MR) is 207 cm³/mol. The van der Waals surface area contributed by atoms with Crippen LogP contribution in [-0.2, 0) is 41.9 Å². The zero-order chi connectivity index (χ0) is 41.0. The molecule has 16 heteroatoms. The van der Waals surface area contributed by atoms with E-state index in [0.717, 1.165) is 12.1 Å². The number of ether oxygens (including phenoxy) is 1. The standard InChI is InChI=1S/C40H52N6O10/c1-4-43(26-38(50)51)24-31-21-30(22-32(42-31)25-44(27-39(52)53)28-40(54)55)13-12-29-14-15-34(33(23-29)45(5-2)6-3)56-20-10-18-41-35(47)11-8-7-9-19-46-36(48)16-17-37(46)49/h14-17,21-23H,4-11,18-20,24-28H2,1-3H3,(H,41,47)(H,50,51)(H,52,53)(H,54,55). The third kappa shape index (κ3) is 15.5. The van der Waals surface area contributed by atoms with Crippen LogP contribution in [0, 0.1) is 11.8 Å². The van der Waals surface area contributed by atoms with Crippen molar-refractivity contribution in [1.82, 2.24) is 25.0 Å². The summed E-state index contributed by atoms with van der Waals surface area (Å²) in [6.45, 7) is 7.81. The highest BCUT2D eigenvalue weighted by molar-refractivity contribution is 6.12. The minimum Gasteiger partial charge on any atom is -0.491 e. The third-order valence-corrected chi connectivity index (χ3v) is 8.73. The Morgan fingerprint density at radius 2 is 1.34 bits per heavy atom. The number of rotatable bonds is 25. The number of carbonyl (C=O) groups is 6. The molecular formula is C40H52N6O10. The Labute approximate surface area is 327 Å². The van der Waals surface area contributed by atoms with E-state index in [0.29, 0.717) is 93.3 Å². The van der Waals surface area contributed by atoms with E-state index in [1.165, 1.54) is 22.0 Å². The van der Waals surface area contributed by atoms with Gasteiger partial charge in [-0.3, -0.25) is 48.5 Å². The highest BCUT2D eigenvalue weighted by atomic mass is 16.5. The van der Waals surface area contributed by atoms with E-state index in [2.05, 4.69) is 27.0 Å². The molecule has 1 aliphatic rings. The average Bonchev–Trinajstić information content (AvgIpc) is 3.46. The van der Waals surface area contributed by atoms with E-state index in [-0.39, 0.29) is 37.4 Å². The van der Waals surface area contributed by atoms with Gasteiger partial charge in [-0.1, -0.05) is 25.2 Å². The van der Waals surface area contributed by atoms with Gasteiger partial charge in [0.15, 0.2) is 0 Å². The van der Waals surface area contributed by atoms with E-state index in [9.17, 15) is 44.1 Å². The number of likely N-dealkylation sites (N-methyl/N-ethyl adjacent to an activating group) is 1. The molecule has 2 aromatic rings. The number of nitrogens with zero attached hydrogens (tertiary/aromatic N) is 5. The Kier molecular flexibility index (Phi) is 18.5. The van der Waals surface area contributed by atoms with E-state index in [1.807, 2.05) is 39.0 Å². The molecule has 0 radical (unpaired) electrons. The summed E-state index contributed by atoms with van der Waals surface area (Å²) in [5.41, 5.74) is 2.99. The average molecular weight is 777 g/mol. The maximum atomic E-state index is 12.3. The van der Waals surface area contributed by atoms with Crippen molar-refractivity contribution in [1.29, 1.82) is 0 Å². The maximum absolute atomic E-state index is 12.3. The molecular weight excluding hydrogens is 724 g/mol. The fourth-order valence-electron chi connectivity index (χ4n) is 5.99. The van der Waals surface area contributed by atoms with Crippen LogP contribution in [0.15, 0.2) is 42.5 Å². The molecule has 0 fully saturated rings. The number of amides is 3. The first kappa shape index (κ1) is 44.6. The molecule has 3 amide bonds. The number of anilines is 1. The molecule has 0 spiro atoms. The highest BCUT2D eigenvalue weighted by Crippen LogP contribution is 2.30. The van der Waals surface area contributed by atoms with Gasteiger partial charge in [-0.2, -0.15) is 0 Å². The van der Waals surface area contributed by atoms with Crippen molar-refractivity contribution >= 4 is 41.3 Å². The largest absolute Gasteiger partial charge is 0.491 e. The van der Waals surface area contributed by atoms with Gasteiger partial charge >= 0.3 is 17.9 Å². The third-order valence-electron chi connectivity index (χ3n) is 8.73. The molecule has 0 atom stereocenters. The van der Waals surface area contributed by atoms with Crippen LogP contribution in [0.4, 0.5) is 5.69 Å². The molecule has 16 nitrogen and oxygen atoms in total. The lowest BCUT2D eigenvalue weighted by Crippen LogP contribution is -2.34. The number of imide groups is 1. The van der Waals surface area contributed by atoms with Gasteiger partial charge in [0, 0.05) is 69.0 Å². The lowest BCUT2D eigenvalue weighted by atomic mass is 10.1. The molecule has 302 valence electrons. The molecule has 4 N–H and O–H groups in total. The summed E-state index contributed by atoms with van der Waals surface area (Å²) in [4.78, 5) is 80.7. The Morgan fingerprint density at radius 1 is 0.750 bits per heavy atom. The molecule has 0 saturated carbocycles. The molecule has 0 unspecified atom stereocenters. The number of carboxylic acid groups (broad SMARTS) is 3. The summed E-state index contributed by atoms with van der Waals surface area (Å²) in [5, 5.41) is 30.9. The molecule has 0 bridgehead atoms. The van der Waals surface area contributed by atoms with Crippen molar-refractivity contribution < 1.29 is 48.8 Å². The number of carbonyl (C=O) groups excluding carboxylic acids is 3. The number of pyridine rings is 1. The van der Waals surface area contributed by atoms with Crippen LogP contribution < -0.4 is 15.0 Å². The van der Waals surface area contributed by atoms with Crippen LogP contribution in [0.25, 0.3) is 0 Å². The minimum absolute atomic E-state index is 0.0685. The first-order chi connectivity index (χ1) is 26.8. The van der Waals surface area contributed by atoms with Gasteiger partial charge in [0.1, 0.15) is 5.75 Å². The second-order valence-electron chi connectivity index (χ2n) is 13.1. The van der Waals surface area contributed by atoms with Crippen molar-refractivity contribution in [2.75, 3.05) is 63.9 Å². The molecule has 2 heterocycles. The number of nitrogens with one attached hydrogen (secondary N) is 1. The van der Waals surface area contributed by atoms with Crippen LogP contribution in [0.3, 0.4) is 0 Å². The number of aliphatic carboxylic acids is 3. The molecule has 0 aliphatic carbocycles. The number of benzene rings is 1. The molecule has 3 rings (SSSR count). The number of hydrogen-bond donors (Lipinski definition) is 4. The van der Waals surface area contributed by atoms with Crippen molar-refractivity contribution in [3.63, 3.8) is 0 Å². The summed E-state index contributed by atoms with van der Waals surface area (Å²) in [6, 6.07) is 9.02. The molecule has 56 heavy (non-hydrogen) atoms. The Hall–Kier alpha value is -5.79. The van der Waals surface area contributed by atoms with Crippen LogP contribution in [-0.4, -0.2) is 130 Å². The van der Waals surface area contributed by atoms with E-state index in [1.54, 1.807) is 17.0 Å². The van der Waals surface area contributed by atoms with Crippen LogP contribution in [0.5, 0.6) is 5.75 Å². The lowest BCUT2D eigenvalue weighted by molar-refractivity contribution is -0.142. The van der Waals surface area contributed by atoms with E-state index < -0.39 is 31.0 Å². The summed E-state index contributed by atoms with van der Waals surface area (Å²) >= 11 is 0. The van der Waals surface area contributed by atoms with Gasteiger partial charge < -0.3 is 30.3 Å². The Balaban J connectivity index is 1.67. The van der Waals surface area contributed by atoms with E-state index >= 15 is 0 Å². The number of aromatic nitrogens is 1. The van der Waals surface area contributed by atoms with Crippen LogP contribution in [0.1, 0.15) is 75.4 Å². The second kappa shape index (κ2) is 23.2. The normalized spacial score (nSPS) is 12.2. The zero-order valence-electron chi connectivity index (χ0n) is 32.3. The second-order valence-corrected chi connectivity index (χ2v) is 13.1. The fraction of sp³-hybridized carbons (Fsp3) is 0.475. The quantitative estimate of drug-likeness (QED) is 0.0649. The summed E-state index contributed by atoms with van der Waals surface area (Å²) < 4.78 is 6.15. The van der Waals surface area contributed by atoms with Crippen molar-refractivity contribution in [2.24, 2.45) is 0 Å². The molecule has 1 aliphatic heterocycles. The smallest absolute Gasteiger partial charge is 0.317 e. The van der Waals surface area contributed by atoms with E-state index in [4.69, 9.17) is 4.74 Å². The SMILES string of the molecule is CCN(CC(=O)O)Cc1cc(C#Cc2ccc(OCCCNC(=O)CCCCCN3C(=O)C=CC3=O)c(N(CC)CC)c2)cc(CN(CC(=O)O)CC(=O)O)n1. The van der Waals surface area contributed by atoms with Gasteiger partial charge in [0.2, 0.25) is 5.91 Å². The van der Waals surface area contributed by atoms with Crippen LogP contribution >= 0.6 is 0 Å². The Morgan fingerprint density at radius 3 is 1.93 bits per heavy atom. The summed E-state index contributed by atoms with van der Waals surface area (Å²) in [5.74, 6) is 2.97. The van der Waals surface area contributed by atoms with Crippen molar-refractivity contribution in [3.8, 4) is 17.6 Å². The first-order valence-corrected chi connectivity index (χ1v) is 18.8. The van der Waals surface area contributed by atoms with Gasteiger partial charge in [0.25, 0.3) is 11.8 Å². The molecule has 1 aromatic carbocycles. The number of hydrogen-bond acceptors (Lipinski definition) is 11. The molecule has 0 saturated heterocycles. The monoisotopic (exact) mass is 776 g/mol. The summed E-state index contributed by atoms with van der Waals surface area (Å²) in [6.07, 6.45) is 5.49. The number of unbranched alkanes of at least 4 members (excludes halogenated alkanes) is 2. The zero-order valence-corrected chi connectivity index (χ0v) is 32.3. The van der Waals surface area contributed by atoms with Crippen molar-refractivity contribution in [3.05, 3.63) is 65.0 Å². The fourth-order valence-corrected chi connectivity index (χ4v) is 5.99. The van der Waals surface area contributed by atoms with Crippen LogP contribution in [0.2, 0.25) is 0 Å². The lowest BCUT2D eigenvalue weighted by Gasteiger charge is -2.24.